The Bertz CT molecular complexity index is 648. The first-order valence-corrected chi connectivity index (χ1v) is 7.88. The Balaban J connectivity index is 1.72. The van der Waals surface area contributed by atoms with Gasteiger partial charge in [-0.15, -0.1) is 0 Å². The molecule has 2 aromatic carbocycles. The maximum absolute atomic E-state index is 13.1. The van der Waals surface area contributed by atoms with Crippen LogP contribution in [0.15, 0.2) is 36.4 Å². The van der Waals surface area contributed by atoms with Gasteiger partial charge >= 0.3 is 0 Å². The van der Waals surface area contributed by atoms with Crippen molar-refractivity contribution in [1.29, 1.82) is 0 Å². The summed E-state index contributed by atoms with van der Waals surface area (Å²) in [5, 5.41) is 3.31. The molecule has 0 aliphatic carbocycles. The molecule has 1 N–H and O–H groups in total. The third kappa shape index (κ3) is 3.58. The molecule has 0 atom stereocenters. The molecule has 0 radical (unpaired) electrons. The van der Waals surface area contributed by atoms with Crippen LogP contribution in [0.3, 0.4) is 0 Å². The van der Waals surface area contributed by atoms with Gasteiger partial charge in [0.1, 0.15) is 5.82 Å². The van der Waals surface area contributed by atoms with Crippen molar-refractivity contribution in [1.82, 2.24) is 0 Å². The Morgan fingerprint density at radius 2 is 1.86 bits per heavy atom. The second-order valence-corrected chi connectivity index (χ2v) is 5.97. The molecule has 21 heavy (non-hydrogen) atoms. The summed E-state index contributed by atoms with van der Waals surface area (Å²) < 4.78 is 25.2. The quantitative estimate of drug-likeness (QED) is 0.785. The Kier molecular flexibility index (Phi) is 4.48. The smallest absolute Gasteiger partial charge is 0.161 e. The average Bonchev–Trinajstić information content (AvgIpc) is 2.71. The summed E-state index contributed by atoms with van der Waals surface area (Å²) in [5.41, 5.74) is 2.02. The molecule has 2 aromatic rings. The minimum atomic E-state index is -0.222. The topological polar surface area (TPSA) is 30.5 Å². The summed E-state index contributed by atoms with van der Waals surface area (Å²) in [5.74, 6) is 1.37. The van der Waals surface area contributed by atoms with E-state index in [-0.39, 0.29) is 5.82 Å². The standard InChI is InChI=1S/C16H15FINO2/c17-12-3-4-14(13(18)9-12)19-10-11-2-5-15-16(8-11)21-7-1-6-20-15/h2-5,8-9,19H,1,6-7,10H2. The molecule has 0 spiro atoms. The van der Waals surface area contributed by atoms with Crippen molar-refractivity contribution in [3.8, 4) is 11.5 Å². The van der Waals surface area contributed by atoms with Gasteiger partial charge in [0, 0.05) is 22.2 Å². The molecule has 5 heteroatoms. The molecule has 3 nitrogen and oxygen atoms in total. The van der Waals surface area contributed by atoms with E-state index in [4.69, 9.17) is 9.47 Å². The zero-order valence-electron chi connectivity index (χ0n) is 11.4. The number of hydrogen-bond donors (Lipinski definition) is 1. The van der Waals surface area contributed by atoms with Crippen LogP contribution in [-0.2, 0) is 6.54 Å². The summed E-state index contributed by atoms with van der Waals surface area (Å²) >= 11 is 2.12. The molecule has 1 aliphatic heterocycles. The Morgan fingerprint density at radius 3 is 2.67 bits per heavy atom. The van der Waals surface area contributed by atoms with Gasteiger partial charge in [-0.3, -0.25) is 0 Å². The lowest BCUT2D eigenvalue weighted by Crippen LogP contribution is -2.02. The van der Waals surface area contributed by atoms with Crippen molar-refractivity contribution >= 4 is 28.3 Å². The summed E-state index contributed by atoms with van der Waals surface area (Å²) in [4.78, 5) is 0. The molecule has 0 fully saturated rings. The van der Waals surface area contributed by atoms with E-state index in [2.05, 4.69) is 27.9 Å². The number of anilines is 1. The van der Waals surface area contributed by atoms with Gasteiger partial charge in [-0.2, -0.15) is 0 Å². The van der Waals surface area contributed by atoms with E-state index in [0.29, 0.717) is 19.8 Å². The molecule has 0 saturated carbocycles. The Morgan fingerprint density at radius 1 is 1.05 bits per heavy atom. The molecule has 0 unspecified atom stereocenters. The third-order valence-corrected chi connectivity index (χ3v) is 4.12. The van der Waals surface area contributed by atoms with E-state index in [1.165, 1.54) is 12.1 Å². The Hall–Kier alpha value is -1.50. The fourth-order valence-electron chi connectivity index (χ4n) is 2.15. The monoisotopic (exact) mass is 399 g/mol. The number of rotatable bonds is 3. The molecule has 0 saturated heterocycles. The molecular weight excluding hydrogens is 384 g/mol. The van der Waals surface area contributed by atoms with Gasteiger partial charge in [0.15, 0.2) is 11.5 Å². The second-order valence-electron chi connectivity index (χ2n) is 4.81. The second kappa shape index (κ2) is 6.51. The first kappa shape index (κ1) is 14.4. The van der Waals surface area contributed by atoms with Crippen molar-refractivity contribution in [3.63, 3.8) is 0 Å². The van der Waals surface area contributed by atoms with Crippen LogP contribution >= 0.6 is 22.6 Å². The van der Waals surface area contributed by atoms with Crippen LogP contribution in [0.1, 0.15) is 12.0 Å². The number of fused-ring (bicyclic) bond motifs is 1. The lowest BCUT2D eigenvalue weighted by atomic mass is 10.2. The van der Waals surface area contributed by atoms with Crippen LogP contribution < -0.4 is 14.8 Å². The van der Waals surface area contributed by atoms with Crippen LogP contribution in [0.2, 0.25) is 0 Å². The normalized spacial score (nSPS) is 13.6. The minimum absolute atomic E-state index is 0.222. The molecule has 110 valence electrons. The minimum Gasteiger partial charge on any atom is -0.490 e. The van der Waals surface area contributed by atoms with Crippen molar-refractivity contribution in [2.45, 2.75) is 13.0 Å². The van der Waals surface area contributed by atoms with Crippen LogP contribution in [-0.4, -0.2) is 13.2 Å². The van der Waals surface area contributed by atoms with E-state index >= 15 is 0 Å². The van der Waals surface area contributed by atoms with Gasteiger partial charge in [0.25, 0.3) is 0 Å². The highest BCUT2D eigenvalue weighted by Gasteiger charge is 2.10. The maximum Gasteiger partial charge on any atom is 0.161 e. The fraction of sp³-hybridized carbons (Fsp3) is 0.250. The highest BCUT2D eigenvalue weighted by molar-refractivity contribution is 14.1. The maximum atomic E-state index is 13.1. The first-order chi connectivity index (χ1) is 10.2. The largest absolute Gasteiger partial charge is 0.490 e. The van der Waals surface area contributed by atoms with Crippen LogP contribution in [0.25, 0.3) is 0 Å². The number of hydrogen-bond acceptors (Lipinski definition) is 3. The summed E-state index contributed by atoms with van der Waals surface area (Å²) in [6, 6.07) is 10.7. The zero-order chi connectivity index (χ0) is 14.7. The van der Waals surface area contributed by atoms with Crippen LogP contribution in [0.4, 0.5) is 10.1 Å². The third-order valence-electron chi connectivity index (χ3n) is 3.23. The van der Waals surface area contributed by atoms with E-state index in [9.17, 15) is 4.39 Å². The molecule has 0 bridgehead atoms. The fourth-order valence-corrected chi connectivity index (χ4v) is 2.82. The van der Waals surface area contributed by atoms with Gasteiger partial charge in [-0.05, 0) is 58.5 Å². The van der Waals surface area contributed by atoms with Crippen molar-refractivity contribution in [3.05, 3.63) is 51.3 Å². The predicted molar refractivity (Wildman–Crippen MR) is 88.5 cm³/mol. The van der Waals surface area contributed by atoms with Gasteiger partial charge < -0.3 is 14.8 Å². The lowest BCUT2D eigenvalue weighted by Gasteiger charge is -2.11. The van der Waals surface area contributed by atoms with Gasteiger partial charge in [-0.1, -0.05) is 6.07 Å². The van der Waals surface area contributed by atoms with E-state index in [1.807, 2.05) is 18.2 Å². The predicted octanol–water partition coefficient (Wildman–Crippen LogP) is 4.20. The average molecular weight is 399 g/mol. The van der Waals surface area contributed by atoms with Gasteiger partial charge in [-0.25, -0.2) is 4.39 Å². The summed E-state index contributed by atoms with van der Waals surface area (Å²) in [7, 11) is 0. The number of ether oxygens (including phenoxy) is 2. The number of halogens is 2. The van der Waals surface area contributed by atoms with E-state index < -0.39 is 0 Å². The Labute approximate surface area is 136 Å². The van der Waals surface area contributed by atoms with Crippen molar-refractivity contribution in [2.24, 2.45) is 0 Å². The van der Waals surface area contributed by atoms with E-state index in [1.54, 1.807) is 6.07 Å². The molecular formula is C16H15FINO2. The number of nitrogens with one attached hydrogen (secondary N) is 1. The lowest BCUT2D eigenvalue weighted by molar-refractivity contribution is 0.297. The zero-order valence-corrected chi connectivity index (χ0v) is 13.5. The molecule has 0 aromatic heterocycles. The van der Waals surface area contributed by atoms with Crippen LogP contribution in [0.5, 0.6) is 11.5 Å². The van der Waals surface area contributed by atoms with Gasteiger partial charge in [0.05, 0.1) is 13.2 Å². The van der Waals surface area contributed by atoms with Gasteiger partial charge in [0.2, 0.25) is 0 Å². The van der Waals surface area contributed by atoms with Crippen molar-refractivity contribution in [2.75, 3.05) is 18.5 Å². The highest BCUT2D eigenvalue weighted by Crippen LogP contribution is 2.30. The summed E-state index contributed by atoms with van der Waals surface area (Å²) in [6.07, 6.45) is 0.899. The van der Waals surface area contributed by atoms with E-state index in [0.717, 1.165) is 32.7 Å². The van der Waals surface area contributed by atoms with Crippen LogP contribution in [0, 0.1) is 9.39 Å². The summed E-state index contributed by atoms with van der Waals surface area (Å²) in [6.45, 7) is 2.02. The number of benzene rings is 2. The molecule has 1 heterocycles. The highest BCUT2D eigenvalue weighted by atomic mass is 127. The SMILES string of the molecule is Fc1ccc(NCc2ccc3c(c2)OCCCO3)c(I)c1. The molecule has 0 amide bonds. The molecule has 1 aliphatic rings. The molecule has 3 rings (SSSR count). The van der Waals surface area contributed by atoms with Crippen molar-refractivity contribution < 1.29 is 13.9 Å². The first-order valence-electron chi connectivity index (χ1n) is 6.80.